The van der Waals surface area contributed by atoms with Crippen molar-refractivity contribution < 1.29 is 0 Å². The van der Waals surface area contributed by atoms with Crippen molar-refractivity contribution >= 4 is 27.3 Å². The summed E-state index contributed by atoms with van der Waals surface area (Å²) < 4.78 is 1.07. The van der Waals surface area contributed by atoms with Gasteiger partial charge >= 0.3 is 0 Å². The van der Waals surface area contributed by atoms with Gasteiger partial charge in [0, 0.05) is 20.5 Å². The van der Waals surface area contributed by atoms with Gasteiger partial charge in [0.1, 0.15) is 5.01 Å². The van der Waals surface area contributed by atoms with E-state index in [0.717, 1.165) is 25.6 Å². The number of nitrogens with zero attached hydrogens (tertiary/aromatic N) is 1. The van der Waals surface area contributed by atoms with Crippen molar-refractivity contribution in [3.05, 3.63) is 39.3 Å². The molecule has 0 saturated carbocycles. The van der Waals surface area contributed by atoms with Crippen molar-refractivity contribution in [3.63, 3.8) is 0 Å². The Hall–Kier alpha value is -0.710. The van der Waals surface area contributed by atoms with E-state index in [-0.39, 0.29) is 5.54 Å². The van der Waals surface area contributed by atoms with E-state index in [0.29, 0.717) is 0 Å². The summed E-state index contributed by atoms with van der Waals surface area (Å²) >= 11 is 5.15. The van der Waals surface area contributed by atoms with Gasteiger partial charge in [0.05, 0.1) is 5.69 Å². The van der Waals surface area contributed by atoms with Crippen molar-refractivity contribution in [2.24, 2.45) is 5.73 Å². The minimum atomic E-state index is -0.327. The first-order valence-corrected chi connectivity index (χ1v) is 7.01. The molecule has 4 heteroatoms. The summed E-state index contributed by atoms with van der Waals surface area (Å²) in [5, 5.41) is 1.03. The third-order valence-corrected chi connectivity index (χ3v) is 4.49. The highest BCUT2D eigenvalue weighted by Gasteiger charge is 2.21. The third kappa shape index (κ3) is 2.76. The fraction of sp³-hybridized carbons (Fsp3) is 0.308. The normalized spacial score (nSPS) is 11.8. The fourth-order valence-corrected chi connectivity index (χ4v) is 3.22. The quantitative estimate of drug-likeness (QED) is 0.908. The second-order valence-corrected chi connectivity index (χ2v) is 6.58. The molecule has 0 saturated heterocycles. The molecule has 0 radical (unpaired) electrons. The van der Waals surface area contributed by atoms with Crippen LogP contribution in [0.3, 0.4) is 0 Å². The van der Waals surface area contributed by atoms with Gasteiger partial charge in [0.15, 0.2) is 0 Å². The van der Waals surface area contributed by atoms with Crippen LogP contribution in [-0.2, 0) is 5.54 Å². The molecule has 0 aliphatic carbocycles. The molecule has 0 spiro atoms. The van der Waals surface area contributed by atoms with Gasteiger partial charge in [-0.15, -0.1) is 11.3 Å². The van der Waals surface area contributed by atoms with E-state index < -0.39 is 0 Å². The number of aromatic nitrogens is 1. The zero-order valence-electron chi connectivity index (χ0n) is 10.1. The first-order chi connectivity index (χ1) is 7.88. The molecular weight excluding hydrogens is 296 g/mol. The second kappa shape index (κ2) is 4.52. The van der Waals surface area contributed by atoms with E-state index in [2.05, 4.69) is 33.0 Å². The van der Waals surface area contributed by atoms with Gasteiger partial charge < -0.3 is 5.73 Å². The molecule has 2 aromatic rings. The smallest absolute Gasteiger partial charge is 0.123 e. The standard InChI is InChI=1S/C13H15BrN2S/c1-8-11(13(2,3)15)17-12(16-8)9-5-4-6-10(14)7-9/h4-7H,15H2,1-3H3. The minimum absolute atomic E-state index is 0.327. The molecule has 0 atom stereocenters. The van der Waals surface area contributed by atoms with E-state index >= 15 is 0 Å². The number of rotatable bonds is 2. The van der Waals surface area contributed by atoms with Gasteiger partial charge in [-0.25, -0.2) is 4.98 Å². The summed E-state index contributed by atoms with van der Waals surface area (Å²) in [4.78, 5) is 5.75. The van der Waals surface area contributed by atoms with Crippen LogP contribution in [0.4, 0.5) is 0 Å². The van der Waals surface area contributed by atoms with E-state index in [1.807, 2.05) is 32.9 Å². The topological polar surface area (TPSA) is 38.9 Å². The van der Waals surface area contributed by atoms with Crippen LogP contribution < -0.4 is 5.73 Å². The van der Waals surface area contributed by atoms with Crippen molar-refractivity contribution in [2.75, 3.05) is 0 Å². The Morgan fingerprint density at radius 2 is 2.06 bits per heavy atom. The van der Waals surface area contributed by atoms with Crippen LogP contribution >= 0.6 is 27.3 Å². The van der Waals surface area contributed by atoms with Gasteiger partial charge in [0.2, 0.25) is 0 Å². The molecule has 0 amide bonds. The van der Waals surface area contributed by atoms with E-state index in [1.54, 1.807) is 11.3 Å². The van der Waals surface area contributed by atoms with Gasteiger partial charge in [-0.1, -0.05) is 28.1 Å². The van der Waals surface area contributed by atoms with Gasteiger partial charge in [-0.3, -0.25) is 0 Å². The summed E-state index contributed by atoms with van der Waals surface area (Å²) in [6, 6.07) is 8.17. The summed E-state index contributed by atoms with van der Waals surface area (Å²) in [6.45, 7) is 6.04. The zero-order valence-corrected chi connectivity index (χ0v) is 12.5. The lowest BCUT2D eigenvalue weighted by molar-refractivity contribution is 0.562. The average molecular weight is 311 g/mol. The summed E-state index contributed by atoms with van der Waals surface area (Å²) in [7, 11) is 0. The van der Waals surface area contributed by atoms with E-state index in [1.165, 1.54) is 0 Å². The van der Waals surface area contributed by atoms with Crippen molar-refractivity contribution in [1.82, 2.24) is 4.98 Å². The Morgan fingerprint density at radius 1 is 1.35 bits per heavy atom. The third-order valence-electron chi connectivity index (χ3n) is 2.45. The molecule has 1 heterocycles. The summed E-state index contributed by atoms with van der Waals surface area (Å²) in [5.41, 5.74) is 7.97. The second-order valence-electron chi connectivity index (χ2n) is 4.67. The van der Waals surface area contributed by atoms with Gasteiger partial charge in [-0.2, -0.15) is 0 Å². The van der Waals surface area contributed by atoms with E-state index in [4.69, 9.17) is 5.73 Å². The Morgan fingerprint density at radius 3 is 2.59 bits per heavy atom. The maximum Gasteiger partial charge on any atom is 0.123 e. The molecule has 2 nitrogen and oxygen atoms in total. The first-order valence-electron chi connectivity index (χ1n) is 5.40. The molecule has 2 rings (SSSR count). The van der Waals surface area contributed by atoms with Crippen LogP contribution in [0.2, 0.25) is 0 Å². The summed E-state index contributed by atoms with van der Waals surface area (Å²) in [5.74, 6) is 0. The average Bonchev–Trinajstić information content (AvgIpc) is 2.60. The predicted octanol–water partition coefficient (Wildman–Crippen LogP) is 4.07. The number of hydrogen-bond acceptors (Lipinski definition) is 3. The Balaban J connectivity index is 2.49. The largest absolute Gasteiger partial charge is 0.321 e. The number of benzene rings is 1. The lowest BCUT2D eigenvalue weighted by Crippen LogP contribution is -2.28. The summed E-state index contributed by atoms with van der Waals surface area (Å²) in [6.07, 6.45) is 0. The molecule has 0 unspecified atom stereocenters. The maximum atomic E-state index is 6.14. The number of halogens is 1. The number of nitrogens with two attached hydrogens (primary N) is 1. The number of aryl methyl sites for hydroxylation is 1. The number of hydrogen-bond donors (Lipinski definition) is 1. The monoisotopic (exact) mass is 310 g/mol. The molecule has 0 aliphatic rings. The molecule has 90 valence electrons. The van der Waals surface area contributed by atoms with Gasteiger partial charge in [0.25, 0.3) is 0 Å². The minimum Gasteiger partial charge on any atom is -0.321 e. The highest BCUT2D eigenvalue weighted by molar-refractivity contribution is 9.10. The van der Waals surface area contributed by atoms with Crippen LogP contribution in [0.15, 0.2) is 28.7 Å². The molecule has 17 heavy (non-hydrogen) atoms. The predicted molar refractivity (Wildman–Crippen MR) is 77.2 cm³/mol. The molecule has 1 aromatic carbocycles. The Labute approximate surface area is 114 Å². The van der Waals surface area contributed by atoms with Crippen LogP contribution in [0.1, 0.15) is 24.4 Å². The number of thiazole rings is 1. The molecular formula is C13H15BrN2S. The van der Waals surface area contributed by atoms with Gasteiger partial charge in [-0.05, 0) is 32.9 Å². The first kappa shape index (κ1) is 12.7. The molecule has 0 aliphatic heterocycles. The molecule has 1 aromatic heterocycles. The highest BCUT2D eigenvalue weighted by atomic mass is 79.9. The van der Waals surface area contributed by atoms with Crippen LogP contribution in [0, 0.1) is 6.92 Å². The van der Waals surface area contributed by atoms with Crippen LogP contribution in [0.5, 0.6) is 0 Å². The molecule has 2 N–H and O–H groups in total. The van der Waals surface area contributed by atoms with Crippen molar-refractivity contribution in [2.45, 2.75) is 26.3 Å². The van der Waals surface area contributed by atoms with E-state index in [9.17, 15) is 0 Å². The van der Waals surface area contributed by atoms with Crippen LogP contribution in [0.25, 0.3) is 10.6 Å². The molecule has 0 bridgehead atoms. The Kier molecular flexibility index (Phi) is 3.39. The highest BCUT2D eigenvalue weighted by Crippen LogP contribution is 2.34. The maximum absolute atomic E-state index is 6.14. The van der Waals surface area contributed by atoms with Crippen molar-refractivity contribution in [3.8, 4) is 10.6 Å². The molecule has 0 fully saturated rings. The lowest BCUT2D eigenvalue weighted by atomic mass is 10.0. The fourth-order valence-electron chi connectivity index (χ4n) is 1.74. The SMILES string of the molecule is Cc1nc(-c2cccc(Br)c2)sc1C(C)(C)N. The Bertz CT molecular complexity index is 541. The lowest BCUT2D eigenvalue weighted by Gasteiger charge is -2.16. The zero-order chi connectivity index (χ0) is 12.6. The van der Waals surface area contributed by atoms with Crippen molar-refractivity contribution in [1.29, 1.82) is 0 Å². The van der Waals surface area contributed by atoms with Crippen LogP contribution in [-0.4, -0.2) is 4.98 Å².